The highest BCUT2D eigenvalue weighted by atomic mass is 16.5. The number of unbranched alkanes of at least 4 members (excludes halogenated alkanes) is 4. The van der Waals surface area contributed by atoms with Gasteiger partial charge in [0.15, 0.2) is 6.61 Å². The van der Waals surface area contributed by atoms with Crippen LogP contribution in [0.15, 0.2) is 18.2 Å². The van der Waals surface area contributed by atoms with Crippen LogP contribution >= 0.6 is 0 Å². The Morgan fingerprint density at radius 2 is 2.05 bits per heavy atom. The minimum absolute atomic E-state index is 0.00285. The van der Waals surface area contributed by atoms with Crippen LogP contribution in [-0.2, 0) is 11.4 Å². The van der Waals surface area contributed by atoms with E-state index in [4.69, 9.17) is 4.74 Å². The maximum Gasteiger partial charge on any atom is 0.265 e. The predicted molar refractivity (Wildman–Crippen MR) is 79.0 cm³/mol. The van der Waals surface area contributed by atoms with E-state index in [1.54, 1.807) is 4.90 Å². The zero-order chi connectivity index (χ0) is 14.4. The van der Waals surface area contributed by atoms with Crippen LogP contribution in [0.2, 0.25) is 0 Å². The molecular formula is C16H23NO3. The molecule has 0 radical (unpaired) electrons. The highest BCUT2D eigenvalue weighted by molar-refractivity contribution is 5.97. The average molecular weight is 277 g/mol. The molecule has 20 heavy (non-hydrogen) atoms. The largest absolute Gasteiger partial charge is 0.482 e. The molecule has 1 aliphatic rings. The number of carbonyl (C=O) groups excluding carboxylic acids is 1. The van der Waals surface area contributed by atoms with Gasteiger partial charge in [0, 0.05) is 6.54 Å². The molecule has 1 heterocycles. The van der Waals surface area contributed by atoms with E-state index in [0.717, 1.165) is 36.4 Å². The van der Waals surface area contributed by atoms with Crippen molar-refractivity contribution in [3.05, 3.63) is 23.8 Å². The van der Waals surface area contributed by atoms with Crippen LogP contribution in [0.5, 0.6) is 5.75 Å². The smallest absolute Gasteiger partial charge is 0.265 e. The summed E-state index contributed by atoms with van der Waals surface area (Å²) in [6, 6.07) is 5.50. The second-order valence-electron chi connectivity index (χ2n) is 5.21. The third-order valence-electron chi connectivity index (χ3n) is 3.63. The van der Waals surface area contributed by atoms with Crippen LogP contribution in [0, 0.1) is 0 Å². The average Bonchev–Trinajstić information content (AvgIpc) is 2.48. The molecule has 2 rings (SSSR count). The molecule has 1 aromatic rings. The zero-order valence-electron chi connectivity index (χ0n) is 12.1. The predicted octanol–water partition coefficient (Wildman–Crippen LogP) is 2.87. The molecule has 0 bridgehead atoms. The highest BCUT2D eigenvalue weighted by Gasteiger charge is 2.25. The molecule has 4 nitrogen and oxygen atoms in total. The van der Waals surface area contributed by atoms with Crippen molar-refractivity contribution >= 4 is 11.6 Å². The van der Waals surface area contributed by atoms with Crippen molar-refractivity contribution < 1.29 is 14.6 Å². The number of hydrogen-bond acceptors (Lipinski definition) is 3. The lowest BCUT2D eigenvalue weighted by Crippen LogP contribution is -2.39. The number of rotatable bonds is 7. The summed E-state index contributed by atoms with van der Waals surface area (Å²) in [6.07, 6.45) is 5.85. The third kappa shape index (κ3) is 3.51. The van der Waals surface area contributed by atoms with Crippen molar-refractivity contribution in [2.45, 2.75) is 45.6 Å². The Morgan fingerprint density at radius 3 is 2.80 bits per heavy atom. The van der Waals surface area contributed by atoms with Crippen molar-refractivity contribution in [2.24, 2.45) is 0 Å². The first-order chi connectivity index (χ1) is 9.76. The summed E-state index contributed by atoms with van der Waals surface area (Å²) >= 11 is 0. The Kier molecular flexibility index (Phi) is 5.41. The van der Waals surface area contributed by atoms with Gasteiger partial charge < -0.3 is 14.7 Å². The van der Waals surface area contributed by atoms with Crippen molar-refractivity contribution in [3.63, 3.8) is 0 Å². The molecule has 1 N–H and O–H groups in total. The highest BCUT2D eigenvalue weighted by Crippen LogP contribution is 2.33. The number of aliphatic hydroxyl groups excluding tert-OH is 1. The molecule has 0 fully saturated rings. The van der Waals surface area contributed by atoms with Gasteiger partial charge in [0.2, 0.25) is 0 Å². The summed E-state index contributed by atoms with van der Waals surface area (Å²) in [4.78, 5) is 13.8. The van der Waals surface area contributed by atoms with Gasteiger partial charge in [-0.2, -0.15) is 0 Å². The number of amides is 1. The number of anilines is 1. The van der Waals surface area contributed by atoms with E-state index >= 15 is 0 Å². The summed E-state index contributed by atoms with van der Waals surface area (Å²) in [5.41, 5.74) is 1.60. The Morgan fingerprint density at radius 1 is 1.25 bits per heavy atom. The Balaban J connectivity index is 2.03. The molecule has 0 atom stereocenters. The van der Waals surface area contributed by atoms with Crippen LogP contribution in [0.1, 0.15) is 44.6 Å². The molecule has 1 aliphatic heterocycles. The summed E-state index contributed by atoms with van der Waals surface area (Å²) < 4.78 is 5.44. The summed E-state index contributed by atoms with van der Waals surface area (Å²) in [7, 11) is 0. The SMILES string of the molecule is CCCCCCCN1C(=O)COc2ccc(CO)cc21. The summed E-state index contributed by atoms with van der Waals surface area (Å²) in [6.45, 7) is 3.01. The van der Waals surface area contributed by atoms with Crippen LogP contribution in [0.3, 0.4) is 0 Å². The van der Waals surface area contributed by atoms with E-state index in [9.17, 15) is 9.90 Å². The van der Waals surface area contributed by atoms with E-state index in [2.05, 4.69) is 6.92 Å². The summed E-state index contributed by atoms with van der Waals surface area (Å²) in [5, 5.41) is 9.22. The molecule has 0 saturated carbocycles. The monoisotopic (exact) mass is 277 g/mol. The maximum atomic E-state index is 12.0. The normalized spacial score (nSPS) is 14.1. The van der Waals surface area contributed by atoms with Crippen LogP contribution < -0.4 is 9.64 Å². The first-order valence-corrected chi connectivity index (χ1v) is 7.43. The van der Waals surface area contributed by atoms with Gasteiger partial charge in [-0.05, 0) is 24.1 Å². The Bertz CT molecular complexity index is 459. The lowest BCUT2D eigenvalue weighted by molar-refractivity contribution is -0.121. The fourth-order valence-corrected chi connectivity index (χ4v) is 2.46. The number of hydrogen-bond donors (Lipinski definition) is 1. The van der Waals surface area contributed by atoms with Crippen molar-refractivity contribution in [1.29, 1.82) is 0 Å². The van der Waals surface area contributed by atoms with Crippen LogP contribution in [0.25, 0.3) is 0 Å². The first kappa shape index (κ1) is 14.9. The van der Waals surface area contributed by atoms with Gasteiger partial charge >= 0.3 is 0 Å². The molecule has 4 heteroatoms. The Labute approximate surface area is 120 Å². The van der Waals surface area contributed by atoms with E-state index < -0.39 is 0 Å². The fourth-order valence-electron chi connectivity index (χ4n) is 2.46. The van der Waals surface area contributed by atoms with Crippen LogP contribution in [0.4, 0.5) is 5.69 Å². The van der Waals surface area contributed by atoms with Crippen molar-refractivity contribution in [1.82, 2.24) is 0 Å². The van der Waals surface area contributed by atoms with Crippen molar-refractivity contribution in [3.8, 4) is 5.75 Å². The van der Waals surface area contributed by atoms with Gasteiger partial charge in [-0.15, -0.1) is 0 Å². The third-order valence-corrected chi connectivity index (χ3v) is 3.63. The van der Waals surface area contributed by atoms with E-state index in [-0.39, 0.29) is 19.1 Å². The molecular weight excluding hydrogens is 254 g/mol. The molecule has 0 aromatic heterocycles. The number of nitrogens with zero attached hydrogens (tertiary/aromatic N) is 1. The molecule has 0 aliphatic carbocycles. The second-order valence-corrected chi connectivity index (χ2v) is 5.21. The minimum Gasteiger partial charge on any atom is -0.482 e. The Hall–Kier alpha value is -1.55. The molecule has 1 amide bonds. The van der Waals surface area contributed by atoms with Gasteiger partial charge in [-0.3, -0.25) is 4.79 Å². The quantitative estimate of drug-likeness (QED) is 0.780. The van der Waals surface area contributed by atoms with Gasteiger partial charge in [-0.25, -0.2) is 0 Å². The fraction of sp³-hybridized carbons (Fsp3) is 0.562. The van der Waals surface area contributed by atoms with Gasteiger partial charge in [-0.1, -0.05) is 38.7 Å². The lowest BCUT2D eigenvalue weighted by atomic mass is 10.1. The second kappa shape index (κ2) is 7.29. The lowest BCUT2D eigenvalue weighted by Gasteiger charge is -2.29. The van der Waals surface area contributed by atoms with E-state index in [1.165, 1.54) is 19.3 Å². The maximum absolute atomic E-state index is 12.0. The number of carbonyl (C=O) groups is 1. The minimum atomic E-state index is -0.0220. The number of ether oxygens (including phenoxy) is 1. The van der Waals surface area contributed by atoms with Gasteiger partial charge in [0.05, 0.1) is 12.3 Å². The van der Waals surface area contributed by atoms with E-state index in [0.29, 0.717) is 0 Å². The number of benzene rings is 1. The van der Waals surface area contributed by atoms with Gasteiger partial charge in [0.1, 0.15) is 5.75 Å². The number of aliphatic hydroxyl groups is 1. The standard InChI is InChI=1S/C16H23NO3/c1-2-3-4-5-6-9-17-14-10-13(11-18)7-8-15(14)20-12-16(17)19/h7-8,10,18H,2-6,9,11-12H2,1H3. The van der Waals surface area contributed by atoms with Gasteiger partial charge in [0.25, 0.3) is 5.91 Å². The van der Waals surface area contributed by atoms with Crippen molar-refractivity contribution in [2.75, 3.05) is 18.1 Å². The van der Waals surface area contributed by atoms with E-state index in [1.807, 2.05) is 18.2 Å². The number of fused-ring (bicyclic) bond motifs is 1. The van der Waals surface area contributed by atoms with Crippen LogP contribution in [-0.4, -0.2) is 24.2 Å². The molecule has 110 valence electrons. The molecule has 0 spiro atoms. The summed E-state index contributed by atoms with van der Waals surface area (Å²) in [5.74, 6) is 0.735. The molecule has 1 aromatic carbocycles. The molecule has 0 saturated heterocycles. The topological polar surface area (TPSA) is 49.8 Å². The zero-order valence-corrected chi connectivity index (χ0v) is 12.1. The first-order valence-electron chi connectivity index (χ1n) is 7.43. The molecule has 0 unspecified atom stereocenters.